The largest absolute Gasteiger partial charge is 0.347 e. The van der Waals surface area contributed by atoms with Gasteiger partial charge in [-0.15, -0.1) is 11.3 Å². The van der Waals surface area contributed by atoms with Crippen LogP contribution in [0.25, 0.3) is 16.9 Å². The highest BCUT2D eigenvalue weighted by Crippen LogP contribution is 2.22. The predicted molar refractivity (Wildman–Crippen MR) is 93.0 cm³/mol. The topological polar surface area (TPSA) is 55.6 Å². The minimum absolute atomic E-state index is 0.171. The van der Waals surface area contributed by atoms with Gasteiger partial charge in [0, 0.05) is 11.1 Å². The fraction of sp³-hybridized carbons (Fsp3) is 0.118. The zero-order valence-electron chi connectivity index (χ0n) is 12.5. The van der Waals surface area contributed by atoms with Crippen LogP contribution in [0.1, 0.15) is 17.8 Å². The molecule has 0 aliphatic carbocycles. The van der Waals surface area contributed by atoms with E-state index in [2.05, 4.69) is 38.6 Å². The summed E-state index contributed by atoms with van der Waals surface area (Å²) in [6.45, 7) is 2.11. The van der Waals surface area contributed by atoms with E-state index in [1.165, 1.54) is 4.88 Å². The Labute approximate surface area is 137 Å². The summed E-state index contributed by atoms with van der Waals surface area (Å²) in [7, 11) is 0. The number of para-hydroxylation sites is 2. The van der Waals surface area contributed by atoms with Crippen molar-refractivity contribution in [1.82, 2.24) is 19.5 Å². The van der Waals surface area contributed by atoms with Crippen LogP contribution in [0.3, 0.4) is 0 Å². The molecule has 3 aromatic heterocycles. The number of imidazole rings is 1. The lowest BCUT2D eigenvalue weighted by Crippen LogP contribution is -2.09. The van der Waals surface area contributed by atoms with Crippen molar-refractivity contribution in [3.8, 4) is 5.82 Å². The van der Waals surface area contributed by atoms with Crippen LogP contribution in [0.15, 0.2) is 60.4 Å². The number of anilines is 1. The van der Waals surface area contributed by atoms with Crippen molar-refractivity contribution >= 4 is 28.3 Å². The van der Waals surface area contributed by atoms with Gasteiger partial charge < -0.3 is 5.32 Å². The van der Waals surface area contributed by atoms with Crippen molar-refractivity contribution < 1.29 is 0 Å². The highest BCUT2D eigenvalue weighted by Gasteiger charge is 2.10. The minimum atomic E-state index is 0.171. The maximum absolute atomic E-state index is 4.62. The van der Waals surface area contributed by atoms with E-state index in [1.807, 2.05) is 41.0 Å². The second-order valence-corrected chi connectivity index (χ2v) is 6.20. The second kappa shape index (κ2) is 5.81. The van der Waals surface area contributed by atoms with Gasteiger partial charge in [-0.2, -0.15) is 4.98 Å². The molecule has 3 heterocycles. The zero-order chi connectivity index (χ0) is 15.6. The SMILES string of the molecule is CC(Nc1nccc(-n2cnc3ccccc32)n1)c1cccs1. The van der Waals surface area contributed by atoms with Crippen molar-refractivity contribution in [3.05, 3.63) is 65.2 Å². The Morgan fingerprint density at radius 1 is 1.09 bits per heavy atom. The average Bonchev–Trinajstić information content (AvgIpc) is 3.25. The molecule has 4 rings (SSSR count). The monoisotopic (exact) mass is 321 g/mol. The molecule has 0 bridgehead atoms. The van der Waals surface area contributed by atoms with E-state index in [1.54, 1.807) is 23.9 Å². The van der Waals surface area contributed by atoms with Gasteiger partial charge in [0.15, 0.2) is 0 Å². The quantitative estimate of drug-likeness (QED) is 0.616. The molecular weight excluding hydrogens is 306 g/mol. The van der Waals surface area contributed by atoms with Gasteiger partial charge in [0.05, 0.1) is 17.1 Å². The molecule has 0 aliphatic rings. The number of thiophene rings is 1. The van der Waals surface area contributed by atoms with Crippen LogP contribution in [0.2, 0.25) is 0 Å². The predicted octanol–water partition coefficient (Wildman–Crippen LogP) is 4.05. The number of hydrogen-bond donors (Lipinski definition) is 1. The molecule has 1 N–H and O–H groups in total. The lowest BCUT2D eigenvalue weighted by atomic mass is 10.3. The van der Waals surface area contributed by atoms with Crippen LogP contribution in [-0.4, -0.2) is 19.5 Å². The number of hydrogen-bond acceptors (Lipinski definition) is 5. The van der Waals surface area contributed by atoms with E-state index >= 15 is 0 Å². The first-order valence-corrected chi connectivity index (χ1v) is 8.25. The molecule has 0 aliphatic heterocycles. The lowest BCUT2D eigenvalue weighted by Gasteiger charge is -2.12. The molecule has 0 saturated heterocycles. The summed E-state index contributed by atoms with van der Waals surface area (Å²) in [4.78, 5) is 14.6. The molecule has 0 fully saturated rings. The van der Waals surface area contributed by atoms with Crippen LogP contribution in [-0.2, 0) is 0 Å². The molecule has 1 atom stereocenters. The van der Waals surface area contributed by atoms with Crippen LogP contribution in [0.5, 0.6) is 0 Å². The van der Waals surface area contributed by atoms with Crippen molar-refractivity contribution in [1.29, 1.82) is 0 Å². The van der Waals surface area contributed by atoms with E-state index in [9.17, 15) is 0 Å². The van der Waals surface area contributed by atoms with E-state index < -0.39 is 0 Å². The summed E-state index contributed by atoms with van der Waals surface area (Å²) in [5.74, 6) is 1.41. The van der Waals surface area contributed by atoms with Crippen LogP contribution >= 0.6 is 11.3 Å². The third-order valence-corrected chi connectivity index (χ3v) is 4.71. The summed E-state index contributed by atoms with van der Waals surface area (Å²) in [5.41, 5.74) is 1.98. The summed E-state index contributed by atoms with van der Waals surface area (Å²) in [6.07, 6.45) is 3.56. The van der Waals surface area contributed by atoms with E-state index in [0.717, 1.165) is 16.9 Å². The maximum Gasteiger partial charge on any atom is 0.225 e. The summed E-state index contributed by atoms with van der Waals surface area (Å²) < 4.78 is 1.97. The molecule has 5 nitrogen and oxygen atoms in total. The van der Waals surface area contributed by atoms with E-state index in [4.69, 9.17) is 0 Å². The van der Waals surface area contributed by atoms with Gasteiger partial charge in [-0.05, 0) is 36.6 Å². The van der Waals surface area contributed by atoms with Gasteiger partial charge in [0.25, 0.3) is 0 Å². The molecule has 114 valence electrons. The first kappa shape index (κ1) is 13.9. The van der Waals surface area contributed by atoms with Crippen molar-refractivity contribution in [2.24, 2.45) is 0 Å². The van der Waals surface area contributed by atoms with Crippen molar-refractivity contribution in [2.45, 2.75) is 13.0 Å². The van der Waals surface area contributed by atoms with Gasteiger partial charge in [0.1, 0.15) is 12.1 Å². The average molecular weight is 321 g/mol. The molecule has 0 spiro atoms. The summed E-state index contributed by atoms with van der Waals surface area (Å²) in [5, 5.41) is 5.42. The van der Waals surface area contributed by atoms with Crippen molar-refractivity contribution in [3.63, 3.8) is 0 Å². The summed E-state index contributed by atoms with van der Waals surface area (Å²) >= 11 is 1.72. The zero-order valence-corrected chi connectivity index (χ0v) is 13.4. The van der Waals surface area contributed by atoms with Gasteiger partial charge in [-0.1, -0.05) is 18.2 Å². The third-order valence-electron chi connectivity index (χ3n) is 3.66. The number of benzene rings is 1. The van der Waals surface area contributed by atoms with Crippen LogP contribution in [0.4, 0.5) is 5.95 Å². The Hall–Kier alpha value is -2.73. The first-order chi connectivity index (χ1) is 11.3. The van der Waals surface area contributed by atoms with Crippen LogP contribution < -0.4 is 5.32 Å². The molecule has 0 saturated carbocycles. The van der Waals surface area contributed by atoms with Gasteiger partial charge in [-0.3, -0.25) is 4.57 Å². The molecule has 4 aromatic rings. The third kappa shape index (κ3) is 2.68. The number of nitrogens with zero attached hydrogens (tertiary/aromatic N) is 4. The maximum atomic E-state index is 4.62. The Kier molecular flexibility index (Phi) is 3.51. The fourth-order valence-electron chi connectivity index (χ4n) is 2.50. The highest BCUT2D eigenvalue weighted by atomic mass is 32.1. The Morgan fingerprint density at radius 3 is 2.87 bits per heavy atom. The standard InChI is InChI=1S/C17H15N5S/c1-12(15-7-4-10-23-15)20-17-18-9-8-16(21-17)22-11-19-13-5-2-3-6-14(13)22/h2-12H,1H3,(H,18,20,21). The smallest absolute Gasteiger partial charge is 0.225 e. The molecular formula is C17H15N5S. The lowest BCUT2D eigenvalue weighted by molar-refractivity contribution is 0.871. The van der Waals surface area contributed by atoms with Gasteiger partial charge in [-0.25, -0.2) is 9.97 Å². The Morgan fingerprint density at radius 2 is 2.00 bits per heavy atom. The molecule has 23 heavy (non-hydrogen) atoms. The first-order valence-electron chi connectivity index (χ1n) is 7.37. The van der Waals surface area contributed by atoms with E-state index in [0.29, 0.717) is 5.95 Å². The normalized spacial score (nSPS) is 12.4. The van der Waals surface area contributed by atoms with Crippen molar-refractivity contribution in [2.75, 3.05) is 5.32 Å². The highest BCUT2D eigenvalue weighted by molar-refractivity contribution is 7.10. The number of nitrogens with one attached hydrogen (secondary N) is 1. The van der Waals surface area contributed by atoms with E-state index in [-0.39, 0.29) is 6.04 Å². The second-order valence-electron chi connectivity index (χ2n) is 5.22. The van der Waals surface area contributed by atoms with Gasteiger partial charge in [0.2, 0.25) is 5.95 Å². The molecule has 6 heteroatoms. The number of rotatable bonds is 4. The molecule has 1 aromatic carbocycles. The number of fused-ring (bicyclic) bond motifs is 1. The Balaban J connectivity index is 1.66. The molecule has 1 unspecified atom stereocenters. The fourth-order valence-corrected chi connectivity index (χ4v) is 3.23. The molecule has 0 radical (unpaired) electrons. The number of aromatic nitrogens is 4. The Bertz CT molecular complexity index is 929. The molecule has 0 amide bonds. The van der Waals surface area contributed by atoms with Gasteiger partial charge >= 0.3 is 0 Å². The minimum Gasteiger partial charge on any atom is -0.347 e. The van der Waals surface area contributed by atoms with Crippen LogP contribution in [0, 0.1) is 0 Å². The summed E-state index contributed by atoms with van der Waals surface area (Å²) in [6, 6.07) is 14.2.